The summed E-state index contributed by atoms with van der Waals surface area (Å²) in [4.78, 5) is 0. The van der Waals surface area contributed by atoms with Crippen molar-refractivity contribution in [1.82, 2.24) is 15.5 Å². The number of H-pyrrole nitrogens is 1. The zero-order valence-electron chi connectivity index (χ0n) is 13.6. The van der Waals surface area contributed by atoms with Crippen LogP contribution in [0.4, 0.5) is 0 Å². The minimum Gasteiger partial charge on any atom is -0.311 e. The van der Waals surface area contributed by atoms with Crippen LogP contribution >= 0.6 is 11.6 Å². The second-order valence-corrected chi connectivity index (χ2v) is 6.45. The minimum absolute atomic E-state index is 0.762. The number of nitrogens with one attached hydrogen (secondary N) is 2. The summed E-state index contributed by atoms with van der Waals surface area (Å²) in [5, 5.41) is 12.8. The zero-order chi connectivity index (χ0) is 15.6. The number of hydrogen-bond donors (Lipinski definition) is 2. The summed E-state index contributed by atoms with van der Waals surface area (Å²) in [6.07, 6.45) is 10.9. The number of benzene rings is 1. The van der Waals surface area contributed by atoms with Crippen molar-refractivity contribution in [2.45, 2.75) is 64.8 Å². The molecule has 0 unspecified atom stereocenters. The lowest BCUT2D eigenvalue weighted by Crippen LogP contribution is -2.15. The van der Waals surface area contributed by atoms with Gasteiger partial charge in [0, 0.05) is 17.0 Å². The first-order valence-electron chi connectivity index (χ1n) is 8.64. The normalized spacial score (nSPS) is 11.4. The Hall–Kier alpha value is -1.06. The van der Waals surface area contributed by atoms with Gasteiger partial charge in [-0.25, -0.2) is 0 Å². The third-order valence-corrected chi connectivity index (χ3v) is 4.34. The summed E-state index contributed by atoms with van der Waals surface area (Å²) < 4.78 is 0. The number of unbranched alkanes of at least 4 members (excludes halogenated alkanes) is 7. The van der Waals surface area contributed by atoms with Crippen molar-refractivity contribution in [3.8, 4) is 0 Å². The van der Waals surface area contributed by atoms with Gasteiger partial charge in [0.25, 0.3) is 0 Å². The molecule has 0 spiro atoms. The third kappa shape index (κ3) is 5.62. The molecule has 0 bridgehead atoms. The van der Waals surface area contributed by atoms with E-state index in [0.29, 0.717) is 0 Å². The molecular formula is C18H28ClN3. The predicted octanol–water partition coefficient (Wildman–Crippen LogP) is 5.45. The topological polar surface area (TPSA) is 40.7 Å². The molecule has 122 valence electrons. The predicted molar refractivity (Wildman–Crippen MR) is 95.4 cm³/mol. The van der Waals surface area contributed by atoms with E-state index in [0.717, 1.165) is 34.7 Å². The molecule has 0 fully saturated rings. The first-order valence-corrected chi connectivity index (χ1v) is 9.02. The van der Waals surface area contributed by atoms with Crippen LogP contribution in [0.15, 0.2) is 18.2 Å². The second-order valence-electron chi connectivity index (χ2n) is 6.02. The van der Waals surface area contributed by atoms with Crippen LogP contribution < -0.4 is 5.32 Å². The molecule has 1 aromatic heterocycles. The highest BCUT2D eigenvalue weighted by Crippen LogP contribution is 2.20. The van der Waals surface area contributed by atoms with Crippen molar-refractivity contribution in [3.63, 3.8) is 0 Å². The number of halogens is 1. The Kier molecular flexibility index (Phi) is 7.75. The lowest BCUT2D eigenvalue weighted by molar-refractivity contribution is 0.553. The van der Waals surface area contributed by atoms with Gasteiger partial charge in [-0.2, -0.15) is 5.10 Å². The molecule has 0 atom stereocenters. The molecule has 0 saturated carbocycles. The lowest BCUT2D eigenvalue weighted by atomic mass is 10.1. The largest absolute Gasteiger partial charge is 0.311 e. The van der Waals surface area contributed by atoms with Gasteiger partial charge in [-0.1, -0.05) is 63.5 Å². The average molecular weight is 322 g/mol. The quantitative estimate of drug-likeness (QED) is 0.540. The third-order valence-electron chi connectivity index (χ3n) is 4.10. The second kappa shape index (κ2) is 9.86. The van der Waals surface area contributed by atoms with Crippen molar-refractivity contribution in [1.29, 1.82) is 0 Å². The van der Waals surface area contributed by atoms with Crippen LogP contribution in [0.3, 0.4) is 0 Å². The van der Waals surface area contributed by atoms with Crippen molar-refractivity contribution in [3.05, 3.63) is 28.9 Å². The Labute approximate surface area is 138 Å². The zero-order valence-corrected chi connectivity index (χ0v) is 14.4. The molecule has 0 aliphatic heterocycles. The lowest BCUT2D eigenvalue weighted by Gasteiger charge is -2.04. The molecule has 0 radical (unpaired) electrons. The maximum Gasteiger partial charge on any atom is 0.0925 e. The Morgan fingerprint density at radius 1 is 1.05 bits per heavy atom. The number of hydrogen-bond acceptors (Lipinski definition) is 2. The molecule has 2 N–H and O–H groups in total. The van der Waals surface area contributed by atoms with Gasteiger partial charge in [0.15, 0.2) is 0 Å². The Balaban J connectivity index is 1.57. The summed E-state index contributed by atoms with van der Waals surface area (Å²) in [5.41, 5.74) is 2.10. The summed E-state index contributed by atoms with van der Waals surface area (Å²) in [6.45, 7) is 4.16. The van der Waals surface area contributed by atoms with E-state index in [9.17, 15) is 0 Å². The van der Waals surface area contributed by atoms with Crippen LogP contribution in [-0.4, -0.2) is 16.7 Å². The van der Waals surface area contributed by atoms with Crippen LogP contribution in [0.2, 0.25) is 5.02 Å². The Morgan fingerprint density at radius 3 is 2.55 bits per heavy atom. The fraction of sp³-hybridized carbons (Fsp3) is 0.611. The van der Waals surface area contributed by atoms with E-state index < -0.39 is 0 Å². The average Bonchev–Trinajstić information content (AvgIpc) is 2.91. The van der Waals surface area contributed by atoms with Crippen molar-refractivity contribution in [2.24, 2.45) is 0 Å². The molecule has 0 amide bonds. The van der Waals surface area contributed by atoms with E-state index in [1.807, 2.05) is 18.2 Å². The molecule has 22 heavy (non-hydrogen) atoms. The van der Waals surface area contributed by atoms with Gasteiger partial charge in [0.1, 0.15) is 0 Å². The SMILES string of the molecule is CCCCCCCCCCNCc1[nH]nc2ccc(Cl)cc12. The van der Waals surface area contributed by atoms with Crippen molar-refractivity contribution in [2.75, 3.05) is 6.54 Å². The van der Waals surface area contributed by atoms with Gasteiger partial charge in [0.05, 0.1) is 11.2 Å². The highest BCUT2D eigenvalue weighted by Gasteiger charge is 2.05. The Bertz CT molecular complexity index is 550. The van der Waals surface area contributed by atoms with Gasteiger partial charge in [-0.15, -0.1) is 0 Å². The maximum atomic E-state index is 6.05. The summed E-state index contributed by atoms with van der Waals surface area (Å²) in [6, 6.07) is 5.81. The number of rotatable bonds is 11. The number of nitrogens with zero attached hydrogens (tertiary/aromatic N) is 1. The fourth-order valence-electron chi connectivity index (χ4n) is 2.77. The summed E-state index contributed by atoms with van der Waals surface area (Å²) in [5.74, 6) is 0. The molecule has 0 aliphatic rings. The molecular weight excluding hydrogens is 294 g/mol. The molecule has 0 saturated heterocycles. The van der Waals surface area contributed by atoms with Gasteiger partial charge in [-0.05, 0) is 31.2 Å². The van der Waals surface area contributed by atoms with Crippen LogP contribution in [-0.2, 0) is 6.54 Å². The van der Waals surface area contributed by atoms with E-state index in [-0.39, 0.29) is 0 Å². The fourth-order valence-corrected chi connectivity index (χ4v) is 2.94. The van der Waals surface area contributed by atoms with Gasteiger partial charge in [-0.3, -0.25) is 5.10 Å². The number of fused-ring (bicyclic) bond motifs is 1. The van der Waals surface area contributed by atoms with Gasteiger partial charge < -0.3 is 5.32 Å². The molecule has 3 nitrogen and oxygen atoms in total. The van der Waals surface area contributed by atoms with Crippen LogP contribution in [0.5, 0.6) is 0 Å². The maximum absolute atomic E-state index is 6.05. The van der Waals surface area contributed by atoms with E-state index in [1.165, 1.54) is 51.4 Å². The monoisotopic (exact) mass is 321 g/mol. The van der Waals surface area contributed by atoms with E-state index in [1.54, 1.807) is 0 Å². The highest BCUT2D eigenvalue weighted by molar-refractivity contribution is 6.31. The van der Waals surface area contributed by atoms with E-state index in [2.05, 4.69) is 22.4 Å². The first-order chi connectivity index (χ1) is 10.8. The molecule has 2 rings (SSSR count). The number of aromatic nitrogens is 2. The summed E-state index contributed by atoms with van der Waals surface area (Å²) >= 11 is 6.05. The Morgan fingerprint density at radius 2 is 1.77 bits per heavy atom. The standard InChI is InChI=1S/C18H28ClN3/c1-2-3-4-5-6-7-8-9-12-20-14-18-16-13-15(19)10-11-17(16)21-22-18/h10-11,13,20H,2-9,12,14H2,1H3,(H,21,22). The minimum atomic E-state index is 0.762. The smallest absolute Gasteiger partial charge is 0.0925 e. The molecule has 1 aromatic carbocycles. The first kappa shape index (κ1) is 17.3. The van der Waals surface area contributed by atoms with Crippen molar-refractivity contribution < 1.29 is 0 Å². The van der Waals surface area contributed by atoms with E-state index >= 15 is 0 Å². The molecule has 1 heterocycles. The molecule has 4 heteroatoms. The van der Waals surface area contributed by atoms with Gasteiger partial charge >= 0.3 is 0 Å². The highest BCUT2D eigenvalue weighted by atomic mass is 35.5. The molecule has 2 aromatic rings. The van der Waals surface area contributed by atoms with Crippen LogP contribution in [0.25, 0.3) is 10.9 Å². The number of aromatic amines is 1. The summed E-state index contributed by atoms with van der Waals surface area (Å²) in [7, 11) is 0. The van der Waals surface area contributed by atoms with Crippen molar-refractivity contribution >= 4 is 22.5 Å². The molecule has 0 aliphatic carbocycles. The van der Waals surface area contributed by atoms with E-state index in [4.69, 9.17) is 11.6 Å². The van der Waals surface area contributed by atoms with Crippen LogP contribution in [0, 0.1) is 0 Å². The van der Waals surface area contributed by atoms with Gasteiger partial charge in [0.2, 0.25) is 0 Å². The van der Waals surface area contributed by atoms with Crippen LogP contribution in [0.1, 0.15) is 64.0 Å².